The van der Waals surface area contributed by atoms with Gasteiger partial charge in [-0.3, -0.25) is 14.4 Å². The highest BCUT2D eigenvalue weighted by molar-refractivity contribution is 5.97. The highest BCUT2D eigenvalue weighted by Crippen LogP contribution is 2.11. The highest BCUT2D eigenvalue weighted by atomic mass is 16.2. The summed E-state index contributed by atoms with van der Waals surface area (Å²) in [6.07, 6.45) is -0.156. The molecule has 6 nitrogen and oxygen atoms in total. The molecule has 3 amide bonds. The SMILES string of the molecule is CC(=O)N1CCN(C(=O)CC(=O)NC(C)c2ccccc2)CC1. The first kappa shape index (κ1) is 17.0. The van der Waals surface area contributed by atoms with E-state index in [0.29, 0.717) is 26.2 Å². The number of piperazine rings is 1. The second-order valence-corrected chi connectivity index (χ2v) is 5.76. The Kier molecular flexibility index (Phi) is 5.73. The topological polar surface area (TPSA) is 69.7 Å². The Morgan fingerprint density at radius 3 is 2.17 bits per heavy atom. The number of amides is 3. The quantitative estimate of drug-likeness (QED) is 0.841. The van der Waals surface area contributed by atoms with E-state index in [-0.39, 0.29) is 30.2 Å². The zero-order chi connectivity index (χ0) is 16.8. The van der Waals surface area contributed by atoms with Gasteiger partial charge in [0.15, 0.2) is 0 Å². The third-order valence-electron chi connectivity index (χ3n) is 4.07. The Balaban J connectivity index is 1.79. The van der Waals surface area contributed by atoms with Gasteiger partial charge in [0.1, 0.15) is 6.42 Å². The fourth-order valence-corrected chi connectivity index (χ4v) is 2.64. The van der Waals surface area contributed by atoms with Crippen molar-refractivity contribution in [1.82, 2.24) is 15.1 Å². The Bertz CT molecular complexity index is 566. The molecule has 1 aliphatic rings. The van der Waals surface area contributed by atoms with Gasteiger partial charge in [-0.1, -0.05) is 30.3 Å². The zero-order valence-electron chi connectivity index (χ0n) is 13.6. The molecule has 0 saturated carbocycles. The molecular weight excluding hydrogens is 294 g/mol. The van der Waals surface area contributed by atoms with E-state index < -0.39 is 0 Å². The zero-order valence-corrected chi connectivity index (χ0v) is 13.6. The van der Waals surface area contributed by atoms with Crippen LogP contribution < -0.4 is 5.32 Å². The van der Waals surface area contributed by atoms with Gasteiger partial charge in [-0.15, -0.1) is 0 Å². The molecule has 0 aromatic heterocycles. The number of rotatable bonds is 4. The third-order valence-corrected chi connectivity index (χ3v) is 4.07. The van der Waals surface area contributed by atoms with Crippen LogP contribution in [0.3, 0.4) is 0 Å². The van der Waals surface area contributed by atoms with Gasteiger partial charge in [0.05, 0.1) is 6.04 Å². The summed E-state index contributed by atoms with van der Waals surface area (Å²) in [5, 5.41) is 2.84. The van der Waals surface area contributed by atoms with Gasteiger partial charge in [-0.25, -0.2) is 0 Å². The monoisotopic (exact) mass is 317 g/mol. The van der Waals surface area contributed by atoms with E-state index >= 15 is 0 Å². The predicted octanol–water partition coefficient (Wildman–Crippen LogP) is 0.945. The van der Waals surface area contributed by atoms with Crippen LogP contribution in [0.15, 0.2) is 30.3 Å². The van der Waals surface area contributed by atoms with E-state index in [1.807, 2.05) is 37.3 Å². The summed E-state index contributed by atoms with van der Waals surface area (Å²) in [7, 11) is 0. The van der Waals surface area contributed by atoms with Gasteiger partial charge in [0.25, 0.3) is 0 Å². The molecule has 1 N–H and O–H groups in total. The molecule has 0 bridgehead atoms. The molecule has 1 aliphatic heterocycles. The van der Waals surface area contributed by atoms with Gasteiger partial charge in [0.2, 0.25) is 17.7 Å². The largest absolute Gasteiger partial charge is 0.349 e. The minimum atomic E-state index is -0.277. The van der Waals surface area contributed by atoms with Gasteiger partial charge >= 0.3 is 0 Å². The molecular formula is C17H23N3O3. The van der Waals surface area contributed by atoms with Crippen LogP contribution in [-0.2, 0) is 14.4 Å². The van der Waals surface area contributed by atoms with E-state index in [4.69, 9.17) is 0 Å². The van der Waals surface area contributed by atoms with E-state index in [9.17, 15) is 14.4 Å². The molecule has 0 aliphatic carbocycles. The molecule has 2 rings (SSSR count). The Hall–Kier alpha value is -2.37. The molecule has 0 spiro atoms. The molecule has 1 fully saturated rings. The van der Waals surface area contributed by atoms with Crippen LogP contribution in [0.1, 0.15) is 31.9 Å². The van der Waals surface area contributed by atoms with Crippen LogP contribution in [0, 0.1) is 0 Å². The Morgan fingerprint density at radius 2 is 1.61 bits per heavy atom. The number of benzene rings is 1. The number of carbonyl (C=O) groups excluding carboxylic acids is 3. The normalized spacial score (nSPS) is 15.9. The summed E-state index contributed by atoms with van der Waals surface area (Å²) in [6.45, 7) is 5.45. The maximum absolute atomic E-state index is 12.2. The number of nitrogens with zero attached hydrogens (tertiary/aromatic N) is 2. The van der Waals surface area contributed by atoms with Gasteiger partial charge in [-0.2, -0.15) is 0 Å². The lowest BCUT2D eigenvalue weighted by Crippen LogP contribution is -2.50. The summed E-state index contributed by atoms with van der Waals surface area (Å²) in [5.41, 5.74) is 1.00. The first-order chi connectivity index (χ1) is 11.0. The van der Waals surface area contributed by atoms with Crippen molar-refractivity contribution in [3.63, 3.8) is 0 Å². The van der Waals surface area contributed by atoms with Crippen molar-refractivity contribution in [2.75, 3.05) is 26.2 Å². The standard InChI is InChI=1S/C17H23N3O3/c1-13(15-6-4-3-5-7-15)18-16(22)12-17(23)20-10-8-19(9-11-20)14(2)21/h3-7,13H,8-12H2,1-2H3,(H,18,22). The number of hydrogen-bond acceptors (Lipinski definition) is 3. The van der Waals surface area contributed by atoms with Crippen LogP contribution in [-0.4, -0.2) is 53.7 Å². The average Bonchev–Trinajstić information content (AvgIpc) is 2.55. The van der Waals surface area contributed by atoms with Crippen LogP contribution in [0.4, 0.5) is 0 Å². The van der Waals surface area contributed by atoms with Crippen molar-refractivity contribution in [2.45, 2.75) is 26.3 Å². The number of nitrogens with one attached hydrogen (secondary N) is 1. The first-order valence-corrected chi connectivity index (χ1v) is 7.85. The van der Waals surface area contributed by atoms with Crippen LogP contribution in [0.5, 0.6) is 0 Å². The summed E-state index contributed by atoms with van der Waals surface area (Å²) in [4.78, 5) is 38.8. The van der Waals surface area contributed by atoms with Crippen molar-refractivity contribution < 1.29 is 14.4 Å². The molecule has 23 heavy (non-hydrogen) atoms. The van der Waals surface area contributed by atoms with Crippen LogP contribution in [0.25, 0.3) is 0 Å². The van der Waals surface area contributed by atoms with E-state index in [0.717, 1.165) is 5.56 Å². The number of hydrogen-bond donors (Lipinski definition) is 1. The molecule has 124 valence electrons. The van der Waals surface area contributed by atoms with E-state index in [2.05, 4.69) is 5.32 Å². The molecule has 1 atom stereocenters. The molecule has 1 unspecified atom stereocenters. The smallest absolute Gasteiger partial charge is 0.232 e. The average molecular weight is 317 g/mol. The van der Waals surface area contributed by atoms with Gasteiger partial charge in [-0.05, 0) is 12.5 Å². The lowest BCUT2D eigenvalue weighted by atomic mass is 10.1. The van der Waals surface area contributed by atoms with Gasteiger partial charge in [0, 0.05) is 33.1 Å². The lowest BCUT2D eigenvalue weighted by molar-refractivity contribution is -0.141. The second-order valence-electron chi connectivity index (χ2n) is 5.76. The van der Waals surface area contributed by atoms with Crippen molar-refractivity contribution in [3.8, 4) is 0 Å². The minimum Gasteiger partial charge on any atom is -0.349 e. The highest BCUT2D eigenvalue weighted by Gasteiger charge is 2.24. The maximum Gasteiger partial charge on any atom is 0.232 e. The fraction of sp³-hybridized carbons (Fsp3) is 0.471. The molecule has 1 aromatic rings. The molecule has 1 saturated heterocycles. The minimum absolute atomic E-state index is 0.0199. The van der Waals surface area contributed by atoms with Crippen molar-refractivity contribution in [2.24, 2.45) is 0 Å². The molecule has 0 radical (unpaired) electrons. The van der Waals surface area contributed by atoms with E-state index in [1.54, 1.807) is 9.80 Å². The molecule has 1 aromatic carbocycles. The summed E-state index contributed by atoms with van der Waals surface area (Å²) in [5.74, 6) is -0.446. The summed E-state index contributed by atoms with van der Waals surface area (Å²) in [6, 6.07) is 9.49. The summed E-state index contributed by atoms with van der Waals surface area (Å²) >= 11 is 0. The van der Waals surface area contributed by atoms with Crippen LogP contribution in [0.2, 0.25) is 0 Å². The fourth-order valence-electron chi connectivity index (χ4n) is 2.64. The molecule has 1 heterocycles. The Morgan fingerprint density at radius 1 is 1.04 bits per heavy atom. The van der Waals surface area contributed by atoms with Gasteiger partial charge < -0.3 is 15.1 Å². The third kappa shape index (κ3) is 4.81. The Labute approximate surface area is 136 Å². The maximum atomic E-state index is 12.2. The van der Waals surface area contributed by atoms with Crippen molar-refractivity contribution in [1.29, 1.82) is 0 Å². The number of carbonyl (C=O) groups is 3. The molecule has 6 heteroatoms. The van der Waals surface area contributed by atoms with Crippen molar-refractivity contribution >= 4 is 17.7 Å². The van der Waals surface area contributed by atoms with E-state index in [1.165, 1.54) is 6.92 Å². The second kappa shape index (κ2) is 7.76. The first-order valence-electron chi connectivity index (χ1n) is 7.85. The lowest BCUT2D eigenvalue weighted by Gasteiger charge is -2.34. The van der Waals surface area contributed by atoms with Crippen molar-refractivity contribution in [3.05, 3.63) is 35.9 Å². The summed E-state index contributed by atoms with van der Waals surface area (Å²) < 4.78 is 0. The predicted molar refractivity (Wildman–Crippen MR) is 86.5 cm³/mol. The van der Waals surface area contributed by atoms with Crippen LogP contribution >= 0.6 is 0 Å².